The van der Waals surface area contributed by atoms with Crippen LogP contribution in [0.25, 0.3) is 0 Å². The summed E-state index contributed by atoms with van der Waals surface area (Å²) in [5.74, 6) is -0.0473. The molecule has 20 heavy (non-hydrogen) atoms. The fourth-order valence-corrected chi connectivity index (χ4v) is 2.34. The quantitative estimate of drug-likeness (QED) is 0.842. The molecule has 0 radical (unpaired) electrons. The Hall–Kier alpha value is -2.21. The lowest BCUT2D eigenvalue weighted by atomic mass is 10.1. The smallest absolute Gasteiger partial charge is 0.253 e. The van der Waals surface area contributed by atoms with Gasteiger partial charge in [0.15, 0.2) is 0 Å². The average Bonchev–Trinajstić information content (AvgIpc) is 2.84. The summed E-state index contributed by atoms with van der Waals surface area (Å²) < 4.78 is 7.07. The molecule has 0 bridgehead atoms. The number of nitrogens with zero attached hydrogens (tertiary/aromatic N) is 4. The number of ether oxygens (including phenoxy) is 1. The van der Waals surface area contributed by atoms with Crippen LogP contribution in [0, 0.1) is 0 Å². The first-order chi connectivity index (χ1) is 9.79. The fourth-order valence-electron chi connectivity index (χ4n) is 2.34. The normalized spacial score (nSPS) is 13.6. The first-order valence-electron chi connectivity index (χ1n) is 6.63. The van der Waals surface area contributed by atoms with Crippen LogP contribution in [0.2, 0.25) is 0 Å². The molecule has 0 unspecified atom stereocenters. The highest BCUT2D eigenvalue weighted by Crippen LogP contribution is 2.26. The number of rotatable bonds is 3. The maximum absolute atomic E-state index is 12.4. The summed E-state index contributed by atoms with van der Waals surface area (Å²) in [6.45, 7) is 3.59. The molecule has 0 saturated heterocycles. The van der Waals surface area contributed by atoms with E-state index in [9.17, 15) is 4.79 Å². The Morgan fingerprint density at radius 1 is 1.35 bits per heavy atom. The number of aromatic nitrogens is 3. The van der Waals surface area contributed by atoms with Gasteiger partial charge in [0.2, 0.25) is 0 Å². The van der Waals surface area contributed by atoms with E-state index in [1.807, 2.05) is 35.9 Å². The summed E-state index contributed by atoms with van der Waals surface area (Å²) in [5, 5.41) is 7.99. The third kappa shape index (κ3) is 2.30. The maximum atomic E-state index is 12.4. The lowest BCUT2D eigenvalue weighted by Gasteiger charge is -2.22. The van der Waals surface area contributed by atoms with Crippen LogP contribution < -0.4 is 4.90 Å². The van der Waals surface area contributed by atoms with Crippen molar-refractivity contribution in [1.82, 2.24) is 15.0 Å². The topological polar surface area (TPSA) is 60.2 Å². The van der Waals surface area contributed by atoms with Crippen molar-refractivity contribution in [2.75, 3.05) is 18.1 Å². The minimum Gasteiger partial charge on any atom is -0.372 e. The predicted molar refractivity (Wildman–Crippen MR) is 73.2 cm³/mol. The van der Waals surface area contributed by atoms with Crippen molar-refractivity contribution in [2.45, 2.75) is 20.0 Å². The zero-order valence-electron chi connectivity index (χ0n) is 11.3. The van der Waals surface area contributed by atoms with Crippen LogP contribution in [0.15, 0.2) is 30.5 Å². The van der Waals surface area contributed by atoms with Gasteiger partial charge >= 0.3 is 0 Å². The van der Waals surface area contributed by atoms with Crippen LogP contribution in [0.1, 0.15) is 18.2 Å². The van der Waals surface area contributed by atoms with Crippen molar-refractivity contribution < 1.29 is 9.53 Å². The van der Waals surface area contributed by atoms with Gasteiger partial charge in [0, 0.05) is 12.3 Å². The Bertz CT molecular complexity index is 623. The molecule has 1 aliphatic rings. The van der Waals surface area contributed by atoms with Crippen molar-refractivity contribution in [2.24, 2.45) is 0 Å². The number of para-hydroxylation sites is 1. The first-order valence-corrected chi connectivity index (χ1v) is 6.63. The number of carbonyl (C=O) groups excluding carboxylic acids is 1. The summed E-state index contributed by atoms with van der Waals surface area (Å²) in [4.78, 5) is 14.1. The molecule has 1 aliphatic heterocycles. The van der Waals surface area contributed by atoms with Gasteiger partial charge in [-0.25, -0.2) is 4.68 Å². The fraction of sp³-hybridized carbons (Fsp3) is 0.357. The van der Waals surface area contributed by atoms with E-state index in [0.29, 0.717) is 19.7 Å². The number of amides is 1. The largest absolute Gasteiger partial charge is 0.372 e. The van der Waals surface area contributed by atoms with E-state index in [1.165, 1.54) is 0 Å². The molecule has 6 nitrogen and oxygen atoms in total. The summed E-state index contributed by atoms with van der Waals surface area (Å²) >= 11 is 0. The summed E-state index contributed by atoms with van der Waals surface area (Å²) in [5.41, 5.74) is 2.90. The number of anilines is 1. The van der Waals surface area contributed by atoms with Gasteiger partial charge in [-0.2, -0.15) is 0 Å². The average molecular weight is 272 g/mol. The molecule has 0 N–H and O–H groups in total. The Labute approximate surface area is 117 Å². The van der Waals surface area contributed by atoms with E-state index < -0.39 is 0 Å². The molecule has 0 spiro atoms. The van der Waals surface area contributed by atoms with E-state index in [1.54, 1.807) is 11.1 Å². The molecular weight excluding hydrogens is 256 g/mol. The Morgan fingerprint density at radius 2 is 2.20 bits per heavy atom. The maximum Gasteiger partial charge on any atom is 0.253 e. The van der Waals surface area contributed by atoms with E-state index in [0.717, 1.165) is 16.9 Å². The van der Waals surface area contributed by atoms with E-state index in [4.69, 9.17) is 4.74 Å². The van der Waals surface area contributed by atoms with E-state index in [-0.39, 0.29) is 12.5 Å². The summed E-state index contributed by atoms with van der Waals surface area (Å²) in [7, 11) is 0. The molecule has 1 aromatic heterocycles. The molecule has 0 aliphatic carbocycles. The highest BCUT2D eigenvalue weighted by molar-refractivity contribution is 5.95. The van der Waals surface area contributed by atoms with Crippen LogP contribution in [-0.2, 0) is 22.6 Å². The lowest BCUT2D eigenvalue weighted by Crippen LogP contribution is -2.33. The summed E-state index contributed by atoms with van der Waals surface area (Å²) in [6.07, 6.45) is 1.70. The predicted octanol–water partition coefficient (Wildman–Crippen LogP) is 1.21. The molecule has 2 heterocycles. The van der Waals surface area contributed by atoms with Crippen LogP contribution >= 0.6 is 0 Å². The molecule has 0 saturated carbocycles. The molecule has 2 aromatic rings. The zero-order chi connectivity index (χ0) is 13.9. The van der Waals surface area contributed by atoms with Crippen molar-refractivity contribution in [3.05, 3.63) is 41.7 Å². The first kappa shape index (κ1) is 12.8. The highest BCUT2D eigenvalue weighted by atomic mass is 16.5. The van der Waals surface area contributed by atoms with Gasteiger partial charge in [0.25, 0.3) is 5.91 Å². The van der Waals surface area contributed by atoms with Gasteiger partial charge in [-0.3, -0.25) is 4.79 Å². The molecule has 6 heteroatoms. The molecule has 0 fully saturated rings. The van der Waals surface area contributed by atoms with Crippen LogP contribution in [-0.4, -0.2) is 34.1 Å². The number of hydrogen-bond acceptors (Lipinski definition) is 4. The zero-order valence-corrected chi connectivity index (χ0v) is 11.3. The minimum absolute atomic E-state index is 0.0473. The number of benzene rings is 1. The molecule has 3 rings (SSSR count). The van der Waals surface area contributed by atoms with Crippen molar-refractivity contribution in [3.8, 4) is 0 Å². The number of carbonyl (C=O) groups is 1. The highest BCUT2D eigenvalue weighted by Gasteiger charge is 2.24. The SMILES string of the molecule is CCOCC(=O)N1Cc2cnnn2Cc2ccccc21. The molecule has 1 aromatic carbocycles. The van der Waals surface area contributed by atoms with E-state index in [2.05, 4.69) is 10.3 Å². The number of hydrogen-bond donors (Lipinski definition) is 0. The van der Waals surface area contributed by atoms with Gasteiger partial charge in [-0.15, -0.1) is 5.10 Å². The molecule has 0 atom stereocenters. The van der Waals surface area contributed by atoms with Gasteiger partial charge in [0.1, 0.15) is 6.61 Å². The molecule has 104 valence electrons. The van der Waals surface area contributed by atoms with Crippen molar-refractivity contribution in [3.63, 3.8) is 0 Å². The summed E-state index contributed by atoms with van der Waals surface area (Å²) in [6, 6.07) is 7.87. The second-order valence-electron chi connectivity index (χ2n) is 4.63. The standard InChI is InChI=1S/C14H16N4O2/c1-2-20-10-14(19)17-9-12-7-15-16-18(12)8-11-5-3-4-6-13(11)17/h3-7H,2,8-10H2,1H3. The Kier molecular flexibility index (Phi) is 3.47. The van der Waals surface area contributed by atoms with Gasteiger partial charge < -0.3 is 9.64 Å². The third-order valence-corrected chi connectivity index (χ3v) is 3.35. The van der Waals surface area contributed by atoms with Gasteiger partial charge in [0.05, 0.1) is 25.0 Å². The van der Waals surface area contributed by atoms with Crippen LogP contribution in [0.5, 0.6) is 0 Å². The second-order valence-corrected chi connectivity index (χ2v) is 4.63. The van der Waals surface area contributed by atoms with E-state index >= 15 is 0 Å². The van der Waals surface area contributed by atoms with Gasteiger partial charge in [-0.1, -0.05) is 23.4 Å². The van der Waals surface area contributed by atoms with Gasteiger partial charge in [-0.05, 0) is 18.6 Å². The Balaban J connectivity index is 1.98. The monoisotopic (exact) mass is 272 g/mol. The van der Waals surface area contributed by atoms with Crippen molar-refractivity contribution in [1.29, 1.82) is 0 Å². The van der Waals surface area contributed by atoms with Crippen LogP contribution in [0.4, 0.5) is 5.69 Å². The minimum atomic E-state index is -0.0473. The van der Waals surface area contributed by atoms with Crippen molar-refractivity contribution >= 4 is 11.6 Å². The van der Waals surface area contributed by atoms with Crippen LogP contribution in [0.3, 0.4) is 0 Å². The lowest BCUT2D eigenvalue weighted by molar-refractivity contribution is -0.123. The molecular formula is C14H16N4O2. The second kappa shape index (κ2) is 5.42. The Morgan fingerprint density at radius 3 is 3.05 bits per heavy atom. The third-order valence-electron chi connectivity index (χ3n) is 3.35. The number of fused-ring (bicyclic) bond motifs is 2. The molecule has 1 amide bonds.